The number of rotatable bonds is 2. The molecule has 28 heavy (non-hydrogen) atoms. The monoisotopic (exact) mass is 379 g/mol. The highest BCUT2D eigenvalue weighted by atomic mass is 19.1. The van der Waals surface area contributed by atoms with Crippen molar-refractivity contribution in [3.05, 3.63) is 69.4 Å². The van der Waals surface area contributed by atoms with Crippen LogP contribution < -0.4 is 10.3 Å². The first-order valence-electron chi connectivity index (χ1n) is 9.53. The largest absolute Gasteiger partial charge is 0.332 e. The Morgan fingerprint density at radius 1 is 1.29 bits per heavy atom. The second-order valence-corrected chi connectivity index (χ2v) is 7.32. The Hall–Kier alpha value is -3.02. The minimum absolute atomic E-state index is 0.0771. The third-order valence-corrected chi connectivity index (χ3v) is 5.42. The maximum atomic E-state index is 13.6. The second kappa shape index (κ2) is 6.86. The summed E-state index contributed by atoms with van der Waals surface area (Å²) in [6.07, 6.45) is 3.03. The molecule has 1 atom stereocenters. The van der Waals surface area contributed by atoms with Crippen molar-refractivity contribution in [2.45, 2.75) is 46.2 Å². The molecule has 0 radical (unpaired) electrons. The van der Waals surface area contributed by atoms with Crippen molar-refractivity contribution in [2.24, 2.45) is 0 Å². The maximum Gasteiger partial charge on any atom is 0.264 e. The molecule has 2 aromatic heterocycles. The first-order chi connectivity index (χ1) is 13.4. The van der Waals surface area contributed by atoms with Crippen molar-refractivity contribution in [3.63, 3.8) is 0 Å². The minimum Gasteiger partial charge on any atom is -0.332 e. The van der Waals surface area contributed by atoms with E-state index < -0.39 is 0 Å². The van der Waals surface area contributed by atoms with Crippen molar-refractivity contribution in [1.29, 1.82) is 0 Å². The van der Waals surface area contributed by atoms with Crippen LogP contribution in [-0.4, -0.2) is 21.5 Å². The van der Waals surface area contributed by atoms with Crippen LogP contribution in [0.4, 0.5) is 10.1 Å². The molecule has 1 amide bonds. The minimum atomic E-state index is -0.352. The number of anilines is 1. The van der Waals surface area contributed by atoms with Crippen molar-refractivity contribution < 1.29 is 9.18 Å². The van der Waals surface area contributed by atoms with Crippen LogP contribution in [0.15, 0.2) is 41.3 Å². The summed E-state index contributed by atoms with van der Waals surface area (Å²) in [5.41, 5.74) is 2.66. The highest BCUT2D eigenvalue weighted by Crippen LogP contribution is 2.32. The number of hydrogen-bond donors (Lipinski definition) is 0. The van der Waals surface area contributed by atoms with Gasteiger partial charge in [-0.15, -0.1) is 0 Å². The molecular weight excluding hydrogens is 357 g/mol. The molecule has 3 aromatic rings. The lowest BCUT2D eigenvalue weighted by Crippen LogP contribution is -2.44. The molecule has 6 heteroatoms. The van der Waals surface area contributed by atoms with Crippen molar-refractivity contribution in [2.75, 3.05) is 4.90 Å². The van der Waals surface area contributed by atoms with E-state index in [-0.39, 0.29) is 28.8 Å². The summed E-state index contributed by atoms with van der Waals surface area (Å²) in [5, 5.41) is 0.433. The van der Waals surface area contributed by atoms with Crippen LogP contribution in [0.1, 0.15) is 41.9 Å². The van der Waals surface area contributed by atoms with Gasteiger partial charge in [0.1, 0.15) is 17.0 Å². The maximum absolute atomic E-state index is 13.6. The lowest BCUT2D eigenvalue weighted by Gasteiger charge is -2.35. The molecule has 144 valence electrons. The molecule has 0 bridgehead atoms. The molecule has 1 aromatic carbocycles. The highest BCUT2D eigenvalue weighted by molar-refractivity contribution is 6.08. The van der Waals surface area contributed by atoms with Crippen molar-refractivity contribution in [3.8, 4) is 0 Å². The number of benzene rings is 1. The van der Waals surface area contributed by atoms with Gasteiger partial charge in [0.25, 0.3) is 5.91 Å². The average Bonchev–Trinajstić information content (AvgIpc) is 2.68. The highest BCUT2D eigenvalue weighted by Gasteiger charge is 2.31. The molecule has 1 aliphatic heterocycles. The van der Waals surface area contributed by atoms with Gasteiger partial charge >= 0.3 is 0 Å². The third-order valence-electron chi connectivity index (χ3n) is 5.42. The average molecular weight is 379 g/mol. The number of pyridine rings is 2. The molecular formula is C22H22FN3O2. The number of hydrogen-bond acceptors (Lipinski definition) is 3. The topological polar surface area (TPSA) is 55.2 Å². The molecule has 1 aliphatic rings. The molecule has 1 unspecified atom stereocenters. The lowest BCUT2D eigenvalue weighted by atomic mass is 9.95. The number of fused-ring (bicyclic) bond motifs is 2. The fraction of sp³-hybridized carbons (Fsp3) is 0.318. The van der Waals surface area contributed by atoms with E-state index in [4.69, 9.17) is 0 Å². The summed E-state index contributed by atoms with van der Waals surface area (Å²) in [6, 6.07) is 7.88. The molecule has 5 nitrogen and oxygen atoms in total. The van der Waals surface area contributed by atoms with E-state index >= 15 is 0 Å². The van der Waals surface area contributed by atoms with E-state index in [1.165, 1.54) is 12.1 Å². The number of aromatic nitrogens is 2. The Kier molecular flexibility index (Phi) is 4.49. The second-order valence-electron chi connectivity index (χ2n) is 7.32. The summed E-state index contributed by atoms with van der Waals surface area (Å²) in [7, 11) is 0. The standard InChI is InChI=1S/C22H22FN3O2/c1-4-25-12-18(20(27)17-9-5-13(2)24-21(17)25)22(28)26-14(3)6-7-15-11-16(23)8-10-19(15)26/h5,8-12,14H,4,6-7H2,1-3H3. The zero-order chi connectivity index (χ0) is 20.0. The predicted octanol–water partition coefficient (Wildman–Crippen LogP) is 3.85. The van der Waals surface area contributed by atoms with Crippen LogP contribution >= 0.6 is 0 Å². The molecule has 0 spiro atoms. The van der Waals surface area contributed by atoms with Crippen LogP contribution in [0.2, 0.25) is 0 Å². The van der Waals surface area contributed by atoms with Crippen molar-refractivity contribution in [1.82, 2.24) is 9.55 Å². The van der Waals surface area contributed by atoms with Crippen LogP contribution in [-0.2, 0) is 13.0 Å². The number of amides is 1. The van der Waals surface area contributed by atoms with Gasteiger partial charge in [0.2, 0.25) is 5.43 Å². The van der Waals surface area contributed by atoms with Crippen molar-refractivity contribution >= 4 is 22.6 Å². The number of nitrogens with zero attached hydrogens (tertiary/aromatic N) is 3. The summed E-state index contributed by atoms with van der Waals surface area (Å²) in [5.74, 6) is -0.670. The van der Waals surface area contributed by atoms with E-state index in [0.29, 0.717) is 29.7 Å². The Morgan fingerprint density at radius 2 is 2.07 bits per heavy atom. The zero-order valence-corrected chi connectivity index (χ0v) is 16.2. The number of halogens is 1. The number of carbonyl (C=O) groups is 1. The van der Waals surface area contributed by atoms with E-state index in [1.807, 2.05) is 25.3 Å². The molecule has 0 saturated heterocycles. The first kappa shape index (κ1) is 18.3. The van der Waals surface area contributed by atoms with Gasteiger partial charge in [-0.2, -0.15) is 0 Å². The lowest BCUT2D eigenvalue weighted by molar-refractivity contribution is 0.0973. The molecule has 0 saturated carbocycles. The third kappa shape index (κ3) is 2.89. The summed E-state index contributed by atoms with van der Waals surface area (Å²) < 4.78 is 15.5. The predicted molar refractivity (Wildman–Crippen MR) is 107 cm³/mol. The van der Waals surface area contributed by atoms with Gasteiger partial charge in [-0.25, -0.2) is 9.37 Å². The summed E-state index contributed by atoms with van der Waals surface area (Å²) in [6.45, 7) is 6.36. The van der Waals surface area contributed by atoms with Gasteiger partial charge in [0.05, 0.1) is 5.39 Å². The summed E-state index contributed by atoms with van der Waals surface area (Å²) in [4.78, 5) is 32.7. The fourth-order valence-electron chi connectivity index (χ4n) is 3.91. The molecule has 0 fully saturated rings. The molecule has 3 heterocycles. The number of aryl methyl sites for hydroxylation is 3. The Bertz CT molecular complexity index is 1150. The summed E-state index contributed by atoms with van der Waals surface area (Å²) >= 11 is 0. The molecule has 0 aliphatic carbocycles. The molecule has 4 rings (SSSR count). The Morgan fingerprint density at radius 3 is 2.82 bits per heavy atom. The Labute approximate surface area is 162 Å². The van der Waals surface area contributed by atoms with Gasteiger partial charge in [0.15, 0.2) is 0 Å². The van der Waals surface area contributed by atoms with Crippen LogP contribution in [0.3, 0.4) is 0 Å². The van der Waals surface area contributed by atoms with E-state index in [0.717, 1.165) is 17.7 Å². The van der Waals surface area contributed by atoms with Crippen LogP contribution in [0.5, 0.6) is 0 Å². The van der Waals surface area contributed by atoms with Crippen LogP contribution in [0.25, 0.3) is 11.0 Å². The normalized spacial score (nSPS) is 16.3. The smallest absolute Gasteiger partial charge is 0.264 e. The van der Waals surface area contributed by atoms with Gasteiger partial charge in [-0.1, -0.05) is 0 Å². The van der Waals surface area contributed by atoms with Crippen LogP contribution in [0, 0.1) is 12.7 Å². The first-order valence-corrected chi connectivity index (χ1v) is 9.53. The SMILES string of the molecule is CCn1cc(C(=O)N2c3ccc(F)cc3CCC2C)c(=O)c2ccc(C)nc21. The van der Waals surface area contributed by atoms with E-state index in [9.17, 15) is 14.0 Å². The van der Waals surface area contributed by atoms with E-state index in [2.05, 4.69) is 4.98 Å². The number of carbonyl (C=O) groups excluding carboxylic acids is 1. The van der Waals surface area contributed by atoms with Gasteiger partial charge in [-0.3, -0.25) is 9.59 Å². The van der Waals surface area contributed by atoms with Gasteiger partial charge in [-0.05, 0) is 69.5 Å². The zero-order valence-electron chi connectivity index (χ0n) is 16.2. The molecule has 0 N–H and O–H groups in total. The quantitative estimate of drug-likeness (QED) is 0.680. The van der Waals surface area contributed by atoms with E-state index in [1.54, 1.807) is 29.3 Å². The Balaban J connectivity index is 1.89. The van der Waals surface area contributed by atoms with Gasteiger partial charge < -0.3 is 9.47 Å². The fourth-order valence-corrected chi connectivity index (χ4v) is 3.91. The van der Waals surface area contributed by atoms with Gasteiger partial charge in [0, 0.05) is 30.2 Å².